The molecule has 0 unspecified atom stereocenters. The van der Waals surface area contributed by atoms with Crippen molar-refractivity contribution in [1.82, 2.24) is 0 Å². The topological polar surface area (TPSA) is 65.0 Å². The van der Waals surface area contributed by atoms with E-state index in [2.05, 4.69) is 14.1 Å². The zero-order valence-corrected chi connectivity index (χ0v) is 6.06. The Bertz CT molecular complexity index is 140. The molecule has 11 heavy (non-hydrogen) atoms. The van der Waals surface area contributed by atoms with Gasteiger partial charge in [0.25, 0.3) is 0 Å². The Labute approximate surface area is 64.3 Å². The molecule has 66 valence electrons. The van der Waals surface area contributed by atoms with E-state index >= 15 is 0 Å². The van der Waals surface area contributed by atoms with Crippen LogP contribution in [0.5, 0.6) is 0 Å². The highest BCUT2D eigenvalue weighted by Crippen LogP contribution is 2.30. The van der Waals surface area contributed by atoms with Crippen molar-refractivity contribution >= 4 is 18.0 Å². The molecule has 0 spiro atoms. The third kappa shape index (κ3) is 3.46. The third-order valence-electron chi connectivity index (χ3n) is 0.592. The van der Waals surface area contributed by atoms with Crippen LogP contribution in [0.3, 0.4) is 0 Å². The van der Waals surface area contributed by atoms with E-state index in [1.54, 1.807) is 0 Å². The zero-order chi connectivity index (χ0) is 8.91. The fourth-order valence-corrected chi connectivity index (χ4v) is 0.478. The van der Waals surface area contributed by atoms with Crippen molar-refractivity contribution in [3.63, 3.8) is 0 Å². The Kier molecular flexibility index (Phi) is 4.26. The van der Waals surface area contributed by atoms with E-state index in [4.69, 9.17) is 5.26 Å². The number of hydrogen-bond acceptors (Lipinski definition) is 6. The molecule has 0 aromatic heterocycles. The van der Waals surface area contributed by atoms with Gasteiger partial charge in [-0.05, 0) is 0 Å². The largest absolute Gasteiger partial charge is 0.464 e. The summed E-state index contributed by atoms with van der Waals surface area (Å²) < 4.78 is 31.4. The van der Waals surface area contributed by atoms with Gasteiger partial charge < -0.3 is 4.74 Å². The molecule has 0 saturated heterocycles. The summed E-state index contributed by atoms with van der Waals surface area (Å²) in [6.45, 7) is 0. The smallest absolute Gasteiger partial charge is 0.415 e. The molecule has 5 nitrogen and oxygen atoms in total. The van der Waals surface area contributed by atoms with Crippen molar-refractivity contribution in [1.29, 1.82) is 0 Å². The average molecular weight is 190 g/mol. The Balaban J connectivity index is 3.88. The van der Waals surface area contributed by atoms with Crippen LogP contribution in [-0.2, 0) is 18.9 Å². The number of ether oxygens (including phenoxy) is 1. The fraction of sp³-hybridized carbons (Fsp3) is 0.667. The maximum absolute atomic E-state index is 12.2. The first-order valence-electron chi connectivity index (χ1n) is 2.16. The quantitative estimate of drug-likeness (QED) is 0.306. The van der Waals surface area contributed by atoms with Gasteiger partial charge in [0, 0.05) is 0 Å². The van der Waals surface area contributed by atoms with Crippen LogP contribution in [0.15, 0.2) is 0 Å². The molecule has 0 atom stereocenters. The standard InChI is InChI=1S/C3H4F2O5S/c1-8-2(6)3(4,5)11-10-9-7/h7H,1H3. The number of carbonyl (C=O) groups excluding carboxylic acids is 1. The molecule has 0 saturated carbocycles. The molecule has 0 aliphatic rings. The van der Waals surface area contributed by atoms with Gasteiger partial charge in [-0.15, -0.1) is 4.33 Å². The normalized spacial score (nSPS) is 11.3. The first-order chi connectivity index (χ1) is 5.04. The molecule has 0 aliphatic heterocycles. The summed E-state index contributed by atoms with van der Waals surface area (Å²) in [5, 5.41) is 6.41. The summed E-state index contributed by atoms with van der Waals surface area (Å²) in [6, 6.07) is 0. The van der Waals surface area contributed by atoms with Crippen molar-refractivity contribution in [3.05, 3.63) is 0 Å². The first kappa shape index (κ1) is 10.6. The predicted octanol–water partition coefficient (Wildman–Crippen LogP) is 0.822. The lowest BCUT2D eigenvalue weighted by Crippen LogP contribution is -2.26. The second kappa shape index (κ2) is 4.44. The summed E-state index contributed by atoms with van der Waals surface area (Å²) in [7, 11) is 0.788. The molecule has 0 aromatic carbocycles. The number of alkyl halides is 2. The van der Waals surface area contributed by atoms with Crippen LogP contribution in [0.25, 0.3) is 0 Å². The SMILES string of the molecule is COC(=O)C(F)(F)SOOO. The molecule has 0 amide bonds. The van der Waals surface area contributed by atoms with Crippen LogP contribution in [-0.4, -0.2) is 23.6 Å². The van der Waals surface area contributed by atoms with Gasteiger partial charge in [0.15, 0.2) is 0 Å². The van der Waals surface area contributed by atoms with E-state index in [1.165, 1.54) is 0 Å². The monoisotopic (exact) mass is 190 g/mol. The third-order valence-corrected chi connectivity index (χ3v) is 1.10. The van der Waals surface area contributed by atoms with Crippen LogP contribution in [0.1, 0.15) is 0 Å². The minimum absolute atomic E-state index is 0.669. The molecule has 0 radical (unpaired) electrons. The van der Waals surface area contributed by atoms with E-state index < -0.39 is 23.3 Å². The summed E-state index contributed by atoms with van der Waals surface area (Å²) in [5.74, 6) is -1.79. The fourth-order valence-electron chi connectivity index (χ4n) is 0.211. The highest BCUT2D eigenvalue weighted by atomic mass is 32.2. The molecule has 0 rings (SSSR count). The second-order valence-electron chi connectivity index (χ2n) is 1.23. The minimum atomic E-state index is -3.89. The van der Waals surface area contributed by atoms with E-state index in [0.29, 0.717) is 0 Å². The molecule has 0 aliphatic carbocycles. The van der Waals surface area contributed by atoms with Gasteiger partial charge in [0.05, 0.1) is 7.11 Å². The zero-order valence-electron chi connectivity index (χ0n) is 5.24. The van der Waals surface area contributed by atoms with E-state index in [1.807, 2.05) is 0 Å². The predicted molar refractivity (Wildman–Crippen MR) is 29.4 cm³/mol. The van der Waals surface area contributed by atoms with Gasteiger partial charge in [-0.3, -0.25) is 0 Å². The summed E-state index contributed by atoms with van der Waals surface area (Å²) in [5.41, 5.74) is 0. The lowest BCUT2D eigenvalue weighted by atomic mass is 10.7. The number of rotatable bonds is 4. The minimum Gasteiger partial charge on any atom is -0.464 e. The molecule has 0 heterocycles. The van der Waals surface area contributed by atoms with Crippen molar-refractivity contribution in [2.75, 3.05) is 7.11 Å². The number of hydrogen-bond donors (Lipinski definition) is 1. The van der Waals surface area contributed by atoms with Crippen molar-refractivity contribution in [3.8, 4) is 0 Å². The number of halogens is 2. The molecule has 0 fully saturated rings. The van der Waals surface area contributed by atoms with Crippen LogP contribution in [0, 0.1) is 0 Å². The molecule has 0 aromatic rings. The number of esters is 1. The average Bonchev–Trinajstić information content (AvgIpc) is 1.99. The molecule has 8 heteroatoms. The van der Waals surface area contributed by atoms with Gasteiger partial charge in [-0.25, -0.2) is 10.1 Å². The lowest BCUT2D eigenvalue weighted by molar-refractivity contribution is -0.433. The van der Waals surface area contributed by atoms with Crippen LogP contribution >= 0.6 is 12.0 Å². The van der Waals surface area contributed by atoms with Gasteiger partial charge >= 0.3 is 11.2 Å². The second-order valence-corrected chi connectivity index (χ2v) is 2.05. The Morgan fingerprint density at radius 2 is 2.18 bits per heavy atom. The highest BCUT2D eigenvalue weighted by Gasteiger charge is 2.43. The van der Waals surface area contributed by atoms with Crippen LogP contribution < -0.4 is 0 Å². The van der Waals surface area contributed by atoms with Gasteiger partial charge in [-0.1, -0.05) is 5.04 Å². The number of methoxy groups -OCH3 is 1. The van der Waals surface area contributed by atoms with Gasteiger partial charge in [0.1, 0.15) is 12.0 Å². The number of carbonyl (C=O) groups is 1. The van der Waals surface area contributed by atoms with Crippen molar-refractivity contribution < 1.29 is 32.9 Å². The summed E-state index contributed by atoms with van der Waals surface area (Å²) >= 11 is -0.669. The van der Waals surface area contributed by atoms with Crippen molar-refractivity contribution in [2.45, 2.75) is 5.25 Å². The maximum Gasteiger partial charge on any atom is 0.415 e. The Morgan fingerprint density at radius 1 is 1.64 bits per heavy atom. The molecule has 1 N–H and O–H groups in total. The van der Waals surface area contributed by atoms with Gasteiger partial charge in [0.2, 0.25) is 0 Å². The lowest BCUT2D eigenvalue weighted by Gasteiger charge is -2.08. The highest BCUT2D eigenvalue weighted by molar-refractivity contribution is 7.96. The van der Waals surface area contributed by atoms with Gasteiger partial charge in [-0.2, -0.15) is 8.78 Å². The van der Waals surface area contributed by atoms with E-state index in [9.17, 15) is 13.6 Å². The van der Waals surface area contributed by atoms with Crippen LogP contribution in [0.2, 0.25) is 0 Å². The summed E-state index contributed by atoms with van der Waals surface area (Å²) in [4.78, 5) is 10.1. The summed E-state index contributed by atoms with van der Waals surface area (Å²) in [6.07, 6.45) is 0. The van der Waals surface area contributed by atoms with Crippen LogP contribution in [0.4, 0.5) is 8.78 Å². The van der Waals surface area contributed by atoms with E-state index in [0.717, 1.165) is 7.11 Å². The molecule has 0 bridgehead atoms. The maximum atomic E-state index is 12.2. The van der Waals surface area contributed by atoms with E-state index in [-0.39, 0.29) is 0 Å². The molecular weight excluding hydrogens is 186 g/mol. The Morgan fingerprint density at radius 3 is 2.55 bits per heavy atom. The van der Waals surface area contributed by atoms with Crippen molar-refractivity contribution in [2.24, 2.45) is 0 Å². The Hall–Kier alpha value is -0.440. The first-order valence-corrected chi connectivity index (χ1v) is 2.91. The molecular formula is C3H4F2O5S.